The van der Waals surface area contributed by atoms with Crippen LogP contribution in [0.2, 0.25) is 0 Å². The maximum atomic E-state index is 14.7. The normalized spacial score (nSPS) is 49.6. The van der Waals surface area contributed by atoms with Crippen LogP contribution in [0.15, 0.2) is 34.3 Å². The van der Waals surface area contributed by atoms with Crippen molar-refractivity contribution in [3.05, 3.63) is 35.4 Å². The molecule has 8 saturated carbocycles. The molecular formula is C32H42Cl2N4O4P2. The Morgan fingerprint density at radius 3 is 1.18 bits per heavy atom. The molecule has 0 amide bonds. The Morgan fingerprint density at radius 1 is 0.614 bits per heavy atom. The van der Waals surface area contributed by atoms with Crippen molar-refractivity contribution >= 4 is 50.0 Å². The fourth-order valence-electron chi connectivity index (χ4n) is 11.7. The van der Waals surface area contributed by atoms with Gasteiger partial charge in [0.1, 0.15) is 0 Å². The third-order valence-corrected chi connectivity index (χ3v) is 17.4. The topological polar surface area (TPSA) is 101 Å². The molecule has 238 valence electrons. The highest BCUT2D eigenvalue weighted by atomic mass is 35.5. The highest BCUT2D eigenvalue weighted by Gasteiger charge is 2.58. The Hall–Kier alpha value is -0.880. The number of nitrogens with one attached hydrogen (secondary N) is 2. The summed E-state index contributed by atoms with van der Waals surface area (Å²) in [5.74, 6) is 3.74. The highest BCUT2D eigenvalue weighted by Crippen LogP contribution is 2.68. The first-order valence-electron chi connectivity index (χ1n) is 16.7. The summed E-state index contributed by atoms with van der Waals surface area (Å²) in [5.41, 5.74) is 1.28. The molecule has 0 radical (unpaired) electrons. The van der Waals surface area contributed by atoms with Crippen molar-refractivity contribution in [1.29, 1.82) is 0 Å². The molecule has 8 aliphatic carbocycles. The summed E-state index contributed by atoms with van der Waals surface area (Å²) in [6.07, 6.45) is 14.2. The number of halogens is 2. The van der Waals surface area contributed by atoms with E-state index in [0.29, 0.717) is 47.3 Å². The summed E-state index contributed by atoms with van der Waals surface area (Å²) in [5, 5.41) is 7.26. The summed E-state index contributed by atoms with van der Waals surface area (Å²) in [6.45, 7) is 0. The molecular weight excluding hydrogens is 637 g/mol. The number of aliphatic imine (C=N–C) groups is 2. The van der Waals surface area contributed by atoms with E-state index in [4.69, 9.17) is 42.2 Å². The Labute approximate surface area is 269 Å². The molecule has 11 rings (SSSR count). The van der Waals surface area contributed by atoms with E-state index in [1.165, 1.54) is 38.5 Å². The van der Waals surface area contributed by atoms with Crippen LogP contribution < -0.4 is 10.2 Å². The first-order chi connectivity index (χ1) is 21.1. The predicted molar refractivity (Wildman–Crippen MR) is 174 cm³/mol. The van der Waals surface area contributed by atoms with E-state index in [9.17, 15) is 9.13 Å². The van der Waals surface area contributed by atoms with Gasteiger partial charge in [0.05, 0.1) is 11.8 Å². The number of rotatable bonds is 8. The molecule has 2 heterocycles. The van der Waals surface area contributed by atoms with Crippen LogP contribution in [-0.2, 0) is 18.2 Å². The van der Waals surface area contributed by atoms with E-state index in [0.717, 1.165) is 49.7 Å². The molecule has 8 fully saturated rings. The third kappa shape index (κ3) is 4.83. The molecule has 1 aromatic carbocycles. The van der Waals surface area contributed by atoms with Crippen molar-refractivity contribution in [2.24, 2.45) is 45.5 Å². The molecule has 8 nitrogen and oxygen atoms in total. The van der Waals surface area contributed by atoms with E-state index in [2.05, 4.69) is 10.2 Å². The number of nitrogens with zero attached hydrogens (tertiary/aromatic N) is 2. The van der Waals surface area contributed by atoms with Crippen LogP contribution in [0.3, 0.4) is 0 Å². The summed E-state index contributed by atoms with van der Waals surface area (Å²) >= 11 is 12.4. The smallest absolute Gasteiger partial charge is 0.346 e. The molecule has 8 bridgehead atoms. The van der Waals surface area contributed by atoms with Crippen molar-refractivity contribution in [2.45, 2.75) is 99.7 Å². The van der Waals surface area contributed by atoms with Crippen LogP contribution in [0.4, 0.5) is 0 Å². The second-order valence-corrected chi connectivity index (χ2v) is 20.4. The van der Waals surface area contributed by atoms with Gasteiger partial charge in [0.15, 0.2) is 11.6 Å². The molecule has 0 unspecified atom stereocenters. The lowest BCUT2D eigenvalue weighted by molar-refractivity contribution is -0.00990. The molecule has 0 saturated heterocycles. The van der Waals surface area contributed by atoms with Crippen molar-refractivity contribution in [2.75, 3.05) is 11.8 Å². The molecule has 10 aliphatic rings. The van der Waals surface area contributed by atoms with Crippen molar-refractivity contribution in [3.63, 3.8) is 0 Å². The summed E-state index contributed by atoms with van der Waals surface area (Å²) in [4.78, 5) is 9.46. The van der Waals surface area contributed by atoms with Gasteiger partial charge >= 0.3 is 15.0 Å². The average Bonchev–Trinajstić information content (AvgIpc) is 3.46. The lowest BCUT2D eigenvalue weighted by atomic mass is 9.53. The van der Waals surface area contributed by atoms with Crippen LogP contribution >= 0.6 is 38.2 Å². The molecule has 0 aromatic heterocycles. The number of hydrogen-bond acceptors (Lipinski definition) is 6. The minimum absolute atomic E-state index is 0.0790. The fourth-order valence-corrected chi connectivity index (χ4v) is 17.1. The standard InChI is InChI=1S/C32H42Cl2N4O4P2/c33-17-27-35-29(43(39,41-27)37-31-11-19-5-20(12-31)7-21(6-19)13-31)25-1-2-26(4-3-25)30-36-28(18-34)42-44(30,40)38-32-14-22-8-23(15-32)10-24(9-22)16-32/h1-4,19-24,29-30H,5-18H2,(H,37,39)(H,38,40)/t19?,20?,21?,22?,23?,24?,29-,30+,31?,32?,43-,44-/m1/s1. The molecule has 12 heteroatoms. The summed E-state index contributed by atoms with van der Waals surface area (Å²) < 4.78 is 41.5. The Kier molecular flexibility index (Phi) is 6.86. The summed E-state index contributed by atoms with van der Waals surface area (Å²) in [6, 6.07) is 7.73. The molecule has 2 aliphatic heterocycles. The van der Waals surface area contributed by atoms with Gasteiger partial charge in [-0.05, 0) is 124 Å². The van der Waals surface area contributed by atoms with Crippen LogP contribution in [0.5, 0.6) is 0 Å². The Bertz CT molecular complexity index is 1330. The van der Waals surface area contributed by atoms with E-state index in [1.54, 1.807) is 0 Å². The van der Waals surface area contributed by atoms with E-state index < -0.39 is 26.6 Å². The van der Waals surface area contributed by atoms with Crippen molar-refractivity contribution in [3.8, 4) is 0 Å². The van der Waals surface area contributed by atoms with Gasteiger partial charge < -0.3 is 9.05 Å². The van der Waals surface area contributed by atoms with E-state index in [-0.39, 0.29) is 22.8 Å². The van der Waals surface area contributed by atoms with Crippen LogP contribution in [0, 0.1) is 35.5 Å². The highest BCUT2D eigenvalue weighted by molar-refractivity contribution is 7.58. The van der Waals surface area contributed by atoms with Gasteiger partial charge in [0.2, 0.25) is 11.8 Å². The van der Waals surface area contributed by atoms with Gasteiger partial charge in [-0.2, -0.15) is 0 Å². The number of alkyl halides is 2. The molecule has 1 aromatic rings. The van der Waals surface area contributed by atoms with Crippen LogP contribution in [0.1, 0.15) is 99.7 Å². The number of benzene rings is 1. The third-order valence-electron chi connectivity index (χ3n) is 12.3. The van der Waals surface area contributed by atoms with E-state index >= 15 is 0 Å². The average molecular weight is 680 g/mol. The van der Waals surface area contributed by atoms with E-state index in [1.807, 2.05) is 24.3 Å². The van der Waals surface area contributed by atoms with Gasteiger partial charge in [-0.25, -0.2) is 20.2 Å². The zero-order valence-corrected chi connectivity index (χ0v) is 28.3. The second-order valence-electron chi connectivity index (χ2n) is 15.7. The quantitative estimate of drug-likeness (QED) is 0.211. The van der Waals surface area contributed by atoms with Crippen molar-refractivity contribution in [1.82, 2.24) is 10.2 Å². The molecule has 4 atom stereocenters. The monoisotopic (exact) mass is 678 g/mol. The van der Waals surface area contributed by atoms with Crippen LogP contribution in [-0.4, -0.2) is 34.6 Å². The molecule has 0 spiro atoms. The lowest BCUT2D eigenvalue weighted by Crippen LogP contribution is -2.57. The molecule has 44 heavy (non-hydrogen) atoms. The predicted octanol–water partition coefficient (Wildman–Crippen LogP) is 8.52. The Balaban J connectivity index is 0.987. The SMILES string of the molecule is O=[P@@]1(NC23CC4CC(CC(C4)C2)C3)OC(CCl)=N[C@@H]1c1ccc([C@@H]2N=C(CCl)O[P@@]2(=O)NC23CC4CC(CC(C4)C2)C3)cc1. The van der Waals surface area contributed by atoms with Crippen LogP contribution in [0.25, 0.3) is 0 Å². The zero-order valence-electron chi connectivity index (χ0n) is 25.0. The van der Waals surface area contributed by atoms with Gasteiger partial charge in [-0.15, -0.1) is 23.2 Å². The molecule has 2 N–H and O–H groups in total. The summed E-state index contributed by atoms with van der Waals surface area (Å²) in [7, 11) is -6.84. The van der Waals surface area contributed by atoms with Gasteiger partial charge in [0, 0.05) is 11.1 Å². The maximum absolute atomic E-state index is 14.7. The Morgan fingerprint density at radius 2 is 0.909 bits per heavy atom. The van der Waals surface area contributed by atoms with Crippen molar-refractivity contribution < 1.29 is 18.2 Å². The minimum Gasteiger partial charge on any atom is -0.416 e. The first kappa shape index (κ1) is 29.3. The zero-order chi connectivity index (χ0) is 29.9. The lowest BCUT2D eigenvalue weighted by Gasteiger charge is -2.57. The van der Waals surface area contributed by atoms with Gasteiger partial charge in [0.25, 0.3) is 0 Å². The van der Waals surface area contributed by atoms with Gasteiger partial charge in [-0.1, -0.05) is 24.3 Å². The second kappa shape index (κ2) is 10.3. The van der Waals surface area contributed by atoms with Gasteiger partial charge in [-0.3, -0.25) is 9.13 Å². The largest absolute Gasteiger partial charge is 0.416 e. The minimum atomic E-state index is -3.42. The maximum Gasteiger partial charge on any atom is 0.346 e. The number of hydrogen-bond donors (Lipinski definition) is 2. The first-order valence-corrected chi connectivity index (χ1v) is 21.1. The fraction of sp³-hybridized carbons (Fsp3) is 0.750.